The monoisotopic (exact) mass is 324 g/mol. The molecule has 0 aliphatic carbocycles. The highest BCUT2D eigenvalue weighted by Crippen LogP contribution is 2.18. The molecule has 1 unspecified atom stereocenters. The van der Waals surface area contributed by atoms with Crippen molar-refractivity contribution in [3.8, 4) is 0 Å². The van der Waals surface area contributed by atoms with Gasteiger partial charge in [0.2, 0.25) is 21.8 Å². The molecule has 0 saturated carbocycles. The zero-order valence-corrected chi connectivity index (χ0v) is 13.5. The number of rotatable bonds is 5. The molecule has 0 aromatic heterocycles. The Bertz CT molecular complexity index is 697. The van der Waals surface area contributed by atoms with Crippen LogP contribution in [0.2, 0.25) is 0 Å². The minimum absolute atomic E-state index is 0.133. The summed E-state index contributed by atoms with van der Waals surface area (Å²) in [6.45, 7) is 3.99. The number of carbonyl (C=O) groups excluding carboxylic acids is 2. The van der Waals surface area contributed by atoms with Crippen LogP contribution in [0.25, 0.3) is 0 Å². The number of piperidine rings is 1. The van der Waals surface area contributed by atoms with Crippen LogP contribution >= 0.6 is 0 Å². The van der Waals surface area contributed by atoms with E-state index in [1.807, 2.05) is 13.8 Å². The van der Waals surface area contributed by atoms with Crippen molar-refractivity contribution in [1.82, 2.24) is 10.0 Å². The van der Waals surface area contributed by atoms with E-state index in [4.69, 9.17) is 0 Å². The first-order chi connectivity index (χ1) is 10.4. The van der Waals surface area contributed by atoms with E-state index >= 15 is 0 Å². The van der Waals surface area contributed by atoms with Crippen LogP contribution in [0.3, 0.4) is 0 Å². The van der Waals surface area contributed by atoms with Crippen LogP contribution < -0.4 is 10.0 Å². The Morgan fingerprint density at radius 2 is 1.86 bits per heavy atom. The number of hydrogen-bond acceptors (Lipinski definition) is 4. The van der Waals surface area contributed by atoms with Crippen LogP contribution in [-0.4, -0.2) is 26.3 Å². The number of amides is 2. The van der Waals surface area contributed by atoms with E-state index in [2.05, 4.69) is 10.0 Å². The highest BCUT2D eigenvalue weighted by molar-refractivity contribution is 7.89. The van der Waals surface area contributed by atoms with Crippen molar-refractivity contribution in [3.63, 3.8) is 0 Å². The zero-order valence-electron chi connectivity index (χ0n) is 12.7. The van der Waals surface area contributed by atoms with Gasteiger partial charge >= 0.3 is 0 Å². The summed E-state index contributed by atoms with van der Waals surface area (Å²) in [6, 6.07) is 4.09. The lowest BCUT2D eigenvalue weighted by molar-refractivity contribution is -0.134. The van der Waals surface area contributed by atoms with Crippen molar-refractivity contribution in [1.29, 1.82) is 0 Å². The Morgan fingerprint density at radius 1 is 1.18 bits per heavy atom. The lowest BCUT2D eigenvalue weighted by Crippen LogP contribution is -2.52. The quantitative estimate of drug-likeness (QED) is 0.787. The molecule has 1 aromatic rings. The summed E-state index contributed by atoms with van der Waals surface area (Å²) in [4.78, 5) is 22.9. The summed E-state index contributed by atoms with van der Waals surface area (Å²) in [6.07, 6.45) is 1.89. The second-order valence-electron chi connectivity index (χ2n) is 5.26. The van der Waals surface area contributed by atoms with Crippen LogP contribution in [0.4, 0.5) is 0 Å². The maximum atomic E-state index is 12.4. The van der Waals surface area contributed by atoms with Gasteiger partial charge in [-0.1, -0.05) is 19.9 Å². The van der Waals surface area contributed by atoms with E-state index < -0.39 is 22.0 Å². The van der Waals surface area contributed by atoms with Gasteiger partial charge in [0.1, 0.15) is 6.04 Å². The fourth-order valence-corrected chi connectivity index (χ4v) is 3.78. The first-order valence-electron chi connectivity index (χ1n) is 7.35. The SMILES string of the molecule is CCc1ccc(S(=O)(=O)NC2CCC(=O)NC2=O)cc1CC. The molecule has 7 heteroatoms. The topological polar surface area (TPSA) is 92.3 Å². The van der Waals surface area contributed by atoms with Gasteiger partial charge in [-0.05, 0) is 42.5 Å². The third kappa shape index (κ3) is 3.53. The highest BCUT2D eigenvalue weighted by atomic mass is 32.2. The van der Waals surface area contributed by atoms with E-state index in [-0.39, 0.29) is 23.6 Å². The van der Waals surface area contributed by atoms with E-state index in [0.717, 1.165) is 24.0 Å². The third-order valence-electron chi connectivity index (χ3n) is 3.79. The fraction of sp³-hybridized carbons (Fsp3) is 0.467. The summed E-state index contributed by atoms with van der Waals surface area (Å²) >= 11 is 0. The molecule has 1 aliphatic heterocycles. The van der Waals surface area contributed by atoms with Gasteiger partial charge in [0.05, 0.1) is 4.90 Å². The molecule has 0 bridgehead atoms. The van der Waals surface area contributed by atoms with Crippen molar-refractivity contribution in [2.45, 2.75) is 50.5 Å². The second kappa shape index (κ2) is 6.58. The van der Waals surface area contributed by atoms with Gasteiger partial charge in [-0.3, -0.25) is 14.9 Å². The average molecular weight is 324 g/mol. The maximum absolute atomic E-state index is 12.4. The van der Waals surface area contributed by atoms with Gasteiger partial charge in [0, 0.05) is 6.42 Å². The molecular formula is C15H20N2O4S. The number of imide groups is 1. The molecule has 1 heterocycles. The average Bonchev–Trinajstić information content (AvgIpc) is 2.49. The molecule has 0 spiro atoms. The molecule has 1 aromatic carbocycles. The maximum Gasteiger partial charge on any atom is 0.244 e. The molecule has 1 atom stereocenters. The van der Waals surface area contributed by atoms with Gasteiger partial charge in [-0.15, -0.1) is 0 Å². The van der Waals surface area contributed by atoms with E-state index in [1.165, 1.54) is 0 Å². The first-order valence-corrected chi connectivity index (χ1v) is 8.83. The fourth-order valence-electron chi connectivity index (χ4n) is 2.50. The van der Waals surface area contributed by atoms with Crippen LogP contribution in [0, 0.1) is 0 Å². The van der Waals surface area contributed by atoms with Crippen LogP contribution in [-0.2, 0) is 32.5 Å². The van der Waals surface area contributed by atoms with Crippen molar-refractivity contribution in [2.75, 3.05) is 0 Å². The molecule has 1 fully saturated rings. The van der Waals surface area contributed by atoms with Gasteiger partial charge in [0.15, 0.2) is 0 Å². The summed E-state index contributed by atoms with van der Waals surface area (Å²) < 4.78 is 27.2. The predicted octanol–water partition coefficient (Wildman–Crippen LogP) is 0.895. The molecule has 2 N–H and O–H groups in total. The zero-order chi connectivity index (χ0) is 16.3. The largest absolute Gasteiger partial charge is 0.295 e. The van der Waals surface area contributed by atoms with E-state index in [1.54, 1.807) is 18.2 Å². The normalized spacial score (nSPS) is 19.1. The van der Waals surface area contributed by atoms with Gasteiger partial charge < -0.3 is 0 Å². The molecule has 0 radical (unpaired) electrons. The third-order valence-corrected chi connectivity index (χ3v) is 5.26. The van der Waals surface area contributed by atoms with E-state index in [9.17, 15) is 18.0 Å². The molecule has 6 nitrogen and oxygen atoms in total. The van der Waals surface area contributed by atoms with Crippen LogP contribution in [0.15, 0.2) is 23.1 Å². The predicted molar refractivity (Wildman–Crippen MR) is 81.7 cm³/mol. The summed E-state index contributed by atoms with van der Waals surface area (Å²) in [5.74, 6) is -0.971. The molecule has 2 amide bonds. The molecule has 22 heavy (non-hydrogen) atoms. The van der Waals surface area contributed by atoms with Gasteiger partial charge in [0.25, 0.3) is 0 Å². The Morgan fingerprint density at radius 3 is 2.45 bits per heavy atom. The summed E-state index contributed by atoms with van der Waals surface area (Å²) in [5.41, 5.74) is 2.09. The van der Waals surface area contributed by atoms with Crippen LogP contribution in [0.5, 0.6) is 0 Å². The Kier molecular flexibility index (Phi) is 4.97. The minimum Gasteiger partial charge on any atom is -0.295 e. The van der Waals surface area contributed by atoms with Gasteiger partial charge in [-0.2, -0.15) is 4.72 Å². The lowest BCUT2D eigenvalue weighted by Gasteiger charge is -2.22. The van der Waals surface area contributed by atoms with E-state index in [0.29, 0.717) is 0 Å². The standard InChI is InChI=1S/C15H20N2O4S/c1-3-10-5-6-12(9-11(10)4-2)22(20,21)17-13-7-8-14(18)16-15(13)19/h5-6,9,13,17H,3-4,7-8H2,1-2H3,(H,16,18,19). The molecule has 1 aliphatic rings. The highest BCUT2D eigenvalue weighted by Gasteiger charge is 2.30. The van der Waals surface area contributed by atoms with Crippen LogP contribution in [0.1, 0.15) is 37.8 Å². The van der Waals surface area contributed by atoms with Crippen molar-refractivity contribution in [3.05, 3.63) is 29.3 Å². The molecular weight excluding hydrogens is 304 g/mol. The van der Waals surface area contributed by atoms with Crippen molar-refractivity contribution < 1.29 is 18.0 Å². The number of nitrogens with one attached hydrogen (secondary N) is 2. The van der Waals surface area contributed by atoms with Crippen molar-refractivity contribution >= 4 is 21.8 Å². The number of aryl methyl sites for hydroxylation is 2. The summed E-state index contributed by atoms with van der Waals surface area (Å²) in [5, 5.41) is 2.14. The number of sulfonamides is 1. The van der Waals surface area contributed by atoms with Crippen molar-refractivity contribution in [2.24, 2.45) is 0 Å². The first kappa shape index (κ1) is 16.6. The smallest absolute Gasteiger partial charge is 0.244 e. The Balaban J connectivity index is 2.23. The minimum atomic E-state index is -3.79. The lowest BCUT2D eigenvalue weighted by atomic mass is 10.0. The molecule has 120 valence electrons. The molecule has 2 rings (SSSR count). The Hall–Kier alpha value is -1.73. The van der Waals surface area contributed by atoms with Gasteiger partial charge in [-0.25, -0.2) is 8.42 Å². The number of carbonyl (C=O) groups is 2. The number of hydrogen-bond donors (Lipinski definition) is 2. The second-order valence-corrected chi connectivity index (χ2v) is 6.98. The Labute approximate surface area is 130 Å². The number of benzene rings is 1. The summed E-state index contributed by atoms with van der Waals surface area (Å²) in [7, 11) is -3.79. The molecule has 1 saturated heterocycles.